The molecule has 2 atom stereocenters. The molecule has 1 aliphatic heterocycles. The van der Waals surface area contributed by atoms with Crippen molar-refractivity contribution in [2.45, 2.75) is 26.1 Å². The van der Waals surface area contributed by atoms with Crippen LogP contribution in [0.4, 0.5) is 0 Å². The van der Waals surface area contributed by atoms with Gasteiger partial charge in [-0.15, -0.1) is 0 Å². The molecule has 1 fully saturated rings. The van der Waals surface area contributed by atoms with Crippen LogP contribution in [-0.4, -0.2) is 49.4 Å². The van der Waals surface area contributed by atoms with Gasteiger partial charge in [0, 0.05) is 18.7 Å². The number of nitrogens with zero attached hydrogens (tertiary/aromatic N) is 2. The van der Waals surface area contributed by atoms with Crippen LogP contribution in [0.25, 0.3) is 0 Å². The van der Waals surface area contributed by atoms with E-state index in [0.717, 1.165) is 5.56 Å². The molecule has 1 aliphatic rings. The molecule has 0 aromatic heterocycles. The summed E-state index contributed by atoms with van der Waals surface area (Å²) in [5.41, 5.74) is 1.58. The minimum Gasteiger partial charge on any atom is -0.399 e. The lowest BCUT2D eigenvalue weighted by Gasteiger charge is -2.35. The molecule has 0 N–H and O–H groups in total. The van der Waals surface area contributed by atoms with Crippen LogP contribution < -0.4 is 0 Å². The monoisotopic (exact) mass is 276 g/mol. The van der Waals surface area contributed by atoms with E-state index in [0.29, 0.717) is 18.7 Å². The first-order valence-corrected chi connectivity index (χ1v) is 6.71. The number of morpholine rings is 1. The second-order valence-electron chi connectivity index (χ2n) is 5.01. The fourth-order valence-electron chi connectivity index (χ4n) is 2.35. The summed E-state index contributed by atoms with van der Waals surface area (Å²) in [5, 5.41) is 3.69. The highest BCUT2D eigenvalue weighted by atomic mass is 16.6. The van der Waals surface area contributed by atoms with Gasteiger partial charge >= 0.3 is 0 Å². The molecule has 1 amide bonds. The number of benzene rings is 1. The molecule has 20 heavy (non-hydrogen) atoms. The average molecular weight is 276 g/mol. The summed E-state index contributed by atoms with van der Waals surface area (Å²) >= 11 is 0. The van der Waals surface area contributed by atoms with E-state index < -0.39 is 0 Å². The highest BCUT2D eigenvalue weighted by molar-refractivity contribution is 5.95. The average Bonchev–Trinajstić information content (AvgIpc) is 2.44. The Bertz CT molecular complexity index is 474. The molecule has 0 saturated carbocycles. The zero-order valence-corrected chi connectivity index (χ0v) is 12.1. The largest absolute Gasteiger partial charge is 0.399 e. The Hall–Kier alpha value is -1.88. The quantitative estimate of drug-likeness (QED) is 0.626. The SMILES string of the molecule is CO/N=C/c1ccc(C(=O)N2CC(C)OC(C)C2)cc1. The number of hydrogen-bond donors (Lipinski definition) is 0. The maximum Gasteiger partial charge on any atom is 0.254 e. The van der Waals surface area contributed by atoms with Gasteiger partial charge < -0.3 is 14.5 Å². The van der Waals surface area contributed by atoms with Gasteiger partial charge in [0.25, 0.3) is 5.91 Å². The van der Waals surface area contributed by atoms with Gasteiger partial charge in [-0.1, -0.05) is 17.3 Å². The first kappa shape index (κ1) is 14.5. The van der Waals surface area contributed by atoms with Gasteiger partial charge in [0.2, 0.25) is 0 Å². The van der Waals surface area contributed by atoms with Crippen molar-refractivity contribution in [2.75, 3.05) is 20.2 Å². The van der Waals surface area contributed by atoms with Crippen molar-refractivity contribution < 1.29 is 14.4 Å². The third-order valence-electron chi connectivity index (χ3n) is 3.17. The van der Waals surface area contributed by atoms with Crippen LogP contribution in [0.2, 0.25) is 0 Å². The van der Waals surface area contributed by atoms with E-state index in [1.54, 1.807) is 6.21 Å². The van der Waals surface area contributed by atoms with Crippen LogP contribution in [0, 0.1) is 0 Å². The van der Waals surface area contributed by atoms with Crippen molar-refractivity contribution in [3.63, 3.8) is 0 Å². The lowest BCUT2D eigenvalue weighted by molar-refractivity contribution is -0.0586. The van der Waals surface area contributed by atoms with Crippen molar-refractivity contribution in [2.24, 2.45) is 5.16 Å². The topological polar surface area (TPSA) is 51.1 Å². The van der Waals surface area contributed by atoms with E-state index in [-0.39, 0.29) is 18.1 Å². The van der Waals surface area contributed by atoms with Gasteiger partial charge in [-0.2, -0.15) is 0 Å². The molecule has 2 unspecified atom stereocenters. The molecule has 0 bridgehead atoms. The molecule has 1 aromatic rings. The minimum atomic E-state index is 0.0437. The second-order valence-corrected chi connectivity index (χ2v) is 5.01. The van der Waals surface area contributed by atoms with Gasteiger partial charge in [-0.25, -0.2) is 0 Å². The molecule has 2 rings (SSSR count). The Morgan fingerprint density at radius 3 is 2.45 bits per heavy atom. The fraction of sp³-hybridized carbons (Fsp3) is 0.467. The molecule has 1 heterocycles. The highest BCUT2D eigenvalue weighted by Gasteiger charge is 2.26. The summed E-state index contributed by atoms with van der Waals surface area (Å²) in [7, 11) is 1.50. The van der Waals surface area contributed by atoms with E-state index >= 15 is 0 Å². The number of ether oxygens (including phenoxy) is 1. The molecule has 108 valence electrons. The fourth-order valence-corrected chi connectivity index (χ4v) is 2.35. The van der Waals surface area contributed by atoms with E-state index in [9.17, 15) is 4.79 Å². The van der Waals surface area contributed by atoms with Crippen molar-refractivity contribution in [3.8, 4) is 0 Å². The molecule has 5 nitrogen and oxygen atoms in total. The predicted molar refractivity (Wildman–Crippen MR) is 77.0 cm³/mol. The molecule has 1 saturated heterocycles. The van der Waals surface area contributed by atoms with Crippen molar-refractivity contribution >= 4 is 12.1 Å². The van der Waals surface area contributed by atoms with E-state index in [2.05, 4.69) is 9.99 Å². The van der Waals surface area contributed by atoms with Crippen molar-refractivity contribution in [1.29, 1.82) is 0 Å². The van der Waals surface area contributed by atoms with Crippen LogP contribution in [-0.2, 0) is 9.57 Å². The van der Waals surface area contributed by atoms with E-state index in [1.165, 1.54) is 7.11 Å². The molecule has 0 spiro atoms. The first-order chi connectivity index (χ1) is 9.60. The van der Waals surface area contributed by atoms with Crippen LogP contribution in [0.5, 0.6) is 0 Å². The summed E-state index contributed by atoms with van der Waals surface area (Å²) in [5.74, 6) is 0.0437. The maximum absolute atomic E-state index is 12.4. The van der Waals surface area contributed by atoms with E-state index in [4.69, 9.17) is 4.74 Å². The molecule has 0 aliphatic carbocycles. The third kappa shape index (κ3) is 3.57. The van der Waals surface area contributed by atoms with Crippen molar-refractivity contribution in [3.05, 3.63) is 35.4 Å². The molecular formula is C15H20N2O3. The Morgan fingerprint density at radius 1 is 1.30 bits per heavy atom. The van der Waals surface area contributed by atoms with Gasteiger partial charge in [-0.3, -0.25) is 4.79 Å². The van der Waals surface area contributed by atoms with Gasteiger partial charge in [-0.05, 0) is 31.5 Å². The normalized spacial score (nSPS) is 23.1. The Morgan fingerprint density at radius 2 is 1.90 bits per heavy atom. The van der Waals surface area contributed by atoms with Crippen molar-refractivity contribution in [1.82, 2.24) is 4.90 Å². The predicted octanol–water partition coefficient (Wildman–Crippen LogP) is 1.92. The number of carbonyl (C=O) groups is 1. The zero-order valence-electron chi connectivity index (χ0n) is 12.1. The Kier molecular flexibility index (Phi) is 4.74. The number of rotatable bonds is 3. The lowest BCUT2D eigenvalue weighted by atomic mass is 10.1. The van der Waals surface area contributed by atoms with Crippen LogP contribution in [0.3, 0.4) is 0 Å². The minimum absolute atomic E-state index is 0.0437. The standard InChI is InChI=1S/C15H20N2O3/c1-11-9-17(10-12(2)20-11)15(18)14-6-4-13(5-7-14)8-16-19-3/h4-8,11-12H,9-10H2,1-3H3/b16-8+. The smallest absolute Gasteiger partial charge is 0.254 e. The Labute approximate surface area is 119 Å². The summed E-state index contributed by atoms with van der Waals surface area (Å²) in [6.07, 6.45) is 1.76. The number of oxime groups is 1. The van der Waals surface area contributed by atoms with Gasteiger partial charge in [0.05, 0.1) is 18.4 Å². The summed E-state index contributed by atoms with van der Waals surface area (Å²) in [6, 6.07) is 7.32. The summed E-state index contributed by atoms with van der Waals surface area (Å²) in [6.45, 7) is 5.24. The Balaban J connectivity index is 2.07. The van der Waals surface area contributed by atoms with Crippen LogP contribution >= 0.6 is 0 Å². The molecule has 0 radical (unpaired) electrons. The first-order valence-electron chi connectivity index (χ1n) is 6.71. The third-order valence-corrected chi connectivity index (χ3v) is 3.17. The summed E-state index contributed by atoms with van der Waals surface area (Å²) < 4.78 is 5.64. The zero-order chi connectivity index (χ0) is 14.5. The number of hydrogen-bond acceptors (Lipinski definition) is 4. The molecule has 1 aromatic carbocycles. The number of amides is 1. The van der Waals surface area contributed by atoms with Gasteiger partial charge in [0.1, 0.15) is 7.11 Å². The molecule has 5 heteroatoms. The van der Waals surface area contributed by atoms with Gasteiger partial charge in [0.15, 0.2) is 0 Å². The maximum atomic E-state index is 12.4. The number of carbonyl (C=O) groups excluding carboxylic acids is 1. The van der Waals surface area contributed by atoms with Crippen LogP contribution in [0.1, 0.15) is 29.8 Å². The molecular weight excluding hydrogens is 256 g/mol. The van der Waals surface area contributed by atoms with E-state index in [1.807, 2.05) is 43.0 Å². The lowest BCUT2D eigenvalue weighted by Crippen LogP contribution is -2.48. The van der Waals surface area contributed by atoms with Crippen LogP contribution in [0.15, 0.2) is 29.4 Å². The second kappa shape index (κ2) is 6.52. The highest BCUT2D eigenvalue weighted by Crippen LogP contribution is 2.14. The summed E-state index contributed by atoms with van der Waals surface area (Å²) in [4.78, 5) is 18.9.